The number of ether oxygens (including phenoxy) is 7. The molecule has 0 spiro atoms. The molecule has 0 radical (unpaired) electrons. The van der Waals surface area contributed by atoms with E-state index in [1.807, 2.05) is 13.0 Å². The standard InChI is InChI=1S/C44H68O14/c1-38(2)26-11-14-43(7)32(25(46)19-23-24-20-40(4,37(50)54-10)16-15-39(24,3)17-18-42(23,43)6)41(26,5)13-12-27(38)56-35-31(29(48)28(47)30(57-35)34(49)53-9)58-36-33(52-8)44(51,21-45)22-55-36/h19,24,26-33,35-36,45,47-48,51H,11-18,20-22H2,1-10H3/t24-,26-,27-,28-,29-,30-,31+,32+,33-,35+,36-,39+,40-,41-,42+,43+,44+/m0/s1. The molecule has 0 aromatic carbocycles. The summed E-state index contributed by atoms with van der Waals surface area (Å²) in [6, 6.07) is 0. The van der Waals surface area contributed by atoms with Crippen molar-refractivity contribution in [2.24, 2.45) is 50.2 Å². The molecule has 2 heterocycles. The summed E-state index contributed by atoms with van der Waals surface area (Å²) < 4.78 is 40.4. The van der Waals surface area contributed by atoms with Crippen LogP contribution in [0.3, 0.4) is 0 Å². The van der Waals surface area contributed by atoms with E-state index in [1.54, 1.807) is 0 Å². The lowest BCUT2D eigenvalue weighted by Gasteiger charge is -2.70. The molecule has 14 nitrogen and oxygen atoms in total. The van der Waals surface area contributed by atoms with Crippen molar-refractivity contribution in [3.63, 3.8) is 0 Å². The molecule has 2 aliphatic heterocycles. The van der Waals surface area contributed by atoms with Crippen LogP contribution in [0, 0.1) is 50.2 Å². The minimum atomic E-state index is -1.78. The number of hydrogen-bond acceptors (Lipinski definition) is 14. The summed E-state index contributed by atoms with van der Waals surface area (Å²) in [7, 11) is 3.94. The molecule has 7 aliphatic rings. The van der Waals surface area contributed by atoms with Crippen molar-refractivity contribution < 1.29 is 68.0 Å². The van der Waals surface area contributed by atoms with Gasteiger partial charge in [-0.15, -0.1) is 0 Å². The molecule has 2 saturated heterocycles. The molecule has 0 unspecified atom stereocenters. The Bertz CT molecular complexity index is 1670. The monoisotopic (exact) mass is 820 g/mol. The van der Waals surface area contributed by atoms with Crippen molar-refractivity contribution in [3.05, 3.63) is 11.6 Å². The summed E-state index contributed by atoms with van der Waals surface area (Å²) in [6.45, 7) is 14.7. The summed E-state index contributed by atoms with van der Waals surface area (Å²) in [5, 5.41) is 43.3. The summed E-state index contributed by atoms with van der Waals surface area (Å²) in [5.74, 6) is -1.00. The normalized spacial score (nSPS) is 51.0. The Balaban J connectivity index is 1.18. The highest BCUT2D eigenvalue weighted by atomic mass is 16.8. The summed E-state index contributed by atoms with van der Waals surface area (Å²) in [5.41, 5.74) is -2.64. The van der Waals surface area contributed by atoms with E-state index < -0.39 is 83.6 Å². The average Bonchev–Trinajstić information content (AvgIpc) is 3.50. The topological polar surface area (TPSA) is 197 Å². The van der Waals surface area contributed by atoms with E-state index in [4.69, 9.17) is 33.2 Å². The maximum atomic E-state index is 15.0. The van der Waals surface area contributed by atoms with Gasteiger partial charge in [-0.05, 0) is 110 Å². The van der Waals surface area contributed by atoms with Gasteiger partial charge in [0, 0.05) is 13.0 Å². The molecular weight excluding hydrogens is 752 g/mol. The lowest BCUT2D eigenvalue weighted by Crippen LogP contribution is -2.67. The highest BCUT2D eigenvalue weighted by molar-refractivity contribution is 5.95. The Kier molecular flexibility index (Phi) is 11.3. The Hall–Kier alpha value is -2.01. The van der Waals surface area contributed by atoms with Crippen LogP contribution < -0.4 is 0 Å². The van der Waals surface area contributed by atoms with Gasteiger partial charge in [0.15, 0.2) is 24.5 Å². The molecule has 0 bridgehead atoms. The first kappa shape index (κ1) is 44.1. The maximum Gasteiger partial charge on any atom is 0.337 e. The Morgan fingerprint density at radius 1 is 0.862 bits per heavy atom. The van der Waals surface area contributed by atoms with Crippen LogP contribution in [0.2, 0.25) is 0 Å². The molecular formula is C44H68O14. The van der Waals surface area contributed by atoms with Gasteiger partial charge in [0.25, 0.3) is 0 Å². The summed E-state index contributed by atoms with van der Waals surface area (Å²) >= 11 is 0. The fraction of sp³-hybridized carbons (Fsp3) is 0.886. The van der Waals surface area contributed by atoms with E-state index in [-0.39, 0.29) is 52.4 Å². The molecule has 0 aromatic heterocycles. The van der Waals surface area contributed by atoms with E-state index in [1.165, 1.54) is 19.8 Å². The van der Waals surface area contributed by atoms with Gasteiger partial charge in [-0.2, -0.15) is 0 Å². The maximum absolute atomic E-state index is 15.0. The zero-order valence-electron chi connectivity index (χ0n) is 36.1. The van der Waals surface area contributed by atoms with Crippen LogP contribution in [0.4, 0.5) is 0 Å². The molecule has 58 heavy (non-hydrogen) atoms. The van der Waals surface area contributed by atoms with Crippen LogP contribution in [0.5, 0.6) is 0 Å². The average molecular weight is 821 g/mol. The Morgan fingerprint density at radius 3 is 2.19 bits per heavy atom. The third-order valence-electron chi connectivity index (χ3n) is 17.6. The second-order valence-corrected chi connectivity index (χ2v) is 20.9. The van der Waals surface area contributed by atoms with Gasteiger partial charge in [-0.1, -0.05) is 47.1 Å². The van der Waals surface area contributed by atoms with Crippen molar-refractivity contribution in [3.8, 4) is 0 Å². The molecule has 5 aliphatic carbocycles. The predicted molar refractivity (Wildman–Crippen MR) is 206 cm³/mol. The number of aliphatic hydroxyl groups excluding tert-OH is 3. The predicted octanol–water partition coefficient (Wildman–Crippen LogP) is 3.62. The highest BCUT2D eigenvalue weighted by Crippen LogP contribution is 2.75. The lowest BCUT2D eigenvalue weighted by atomic mass is 9.33. The minimum absolute atomic E-state index is 0.00845. The number of rotatable bonds is 8. The van der Waals surface area contributed by atoms with E-state index in [0.29, 0.717) is 19.3 Å². The SMILES string of the molecule is COC(=O)[C@H]1O[C@@H](O[C@H]2CC[C@]3(C)[C@H]4C(=O)C=C5[C@@H]6C[C@@](C)(C(=O)OC)CC[C@]6(C)CC[C@@]5(C)[C@]4(C)CC[C@H]3C2(C)C)[C@H](O[C@@H]2OC[C@](O)(CO)[C@H]2OC)[C@@H](O)[C@@H]1O. The van der Waals surface area contributed by atoms with Gasteiger partial charge in [0.2, 0.25) is 0 Å². The van der Waals surface area contributed by atoms with Gasteiger partial charge in [0.05, 0.1) is 39.0 Å². The summed E-state index contributed by atoms with van der Waals surface area (Å²) in [6.07, 6.45) is -1.48. The van der Waals surface area contributed by atoms with E-state index in [0.717, 1.165) is 45.6 Å². The zero-order valence-corrected chi connectivity index (χ0v) is 36.1. The van der Waals surface area contributed by atoms with Gasteiger partial charge in [-0.3, -0.25) is 9.59 Å². The number of methoxy groups -OCH3 is 3. The van der Waals surface area contributed by atoms with E-state index in [2.05, 4.69) is 41.5 Å². The van der Waals surface area contributed by atoms with Crippen LogP contribution in [0.1, 0.15) is 106 Å². The molecule has 4 N–H and O–H groups in total. The fourth-order valence-corrected chi connectivity index (χ4v) is 13.8. The first-order valence-corrected chi connectivity index (χ1v) is 21.3. The molecule has 14 heteroatoms. The van der Waals surface area contributed by atoms with Crippen molar-refractivity contribution in [1.82, 2.24) is 0 Å². The smallest absolute Gasteiger partial charge is 0.337 e. The molecule has 6 fully saturated rings. The Morgan fingerprint density at radius 2 is 1.55 bits per heavy atom. The van der Waals surface area contributed by atoms with Gasteiger partial charge < -0.3 is 53.6 Å². The van der Waals surface area contributed by atoms with Gasteiger partial charge >= 0.3 is 11.9 Å². The van der Waals surface area contributed by atoms with Crippen LogP contribution in [-0.2, 0) is 47.5 Å². The van der Waals surface area contributed by atoms with Crippen LogP contribution >= 0.6 is 0 Å². The van der Waals surface area contributed by atoms with Crippen molar-refractivity contribution in [2.75, 3.05) is 34.5 Å². The van der Waals surface area contributed by atoms with Crippen molar-refractivity contribution in [2.45, 2.75) is 161 Å². The number of allylic oxidation sites excluding steroid dienone is 2. The number of carbonyl (C=O) groups excluding carboxylic acids is 3. The molecule has 4 saturated carbocycles. The number of esters is 2. The highest BCUT2D eigenvalue weighted by Gasteiger charge is 2.71. The van der Waals surface area contributed by atoms with Crippen LogP contribution in [-0.4, -0.2) is 127 Å². The third-order valence-corrected chi connectivity index (χ3v) is 17.6. The molecule has 0 aromatic rings. The molecule has 328 valence electrons. The number of hydrogen-bond donors (Lipinski definition) is 4. The van der Waals surface area contributed by atoms with Gasteiger partial charge in [0.1, 0.15) is 30.0 Å². The number of aliphatic hydroxyl groups is 4. The van der Waals surface area contributed by atoms with E-state index in [9.17, 15) is 34.8 Å². The molecule has 7 rings (SSSR count). The first-order valence-electron chi connectivity index (χ1n) is 21.3. The number of ketones is 1. The first-order chi connectivity index (χ1) is 27.0. The quantitative estimate of drug-likeness (QED) is 0.205. The van der Waals surface area contributed by atoms with Crippen LogP contribution in [0.25, 0.3) is 0 Å². The minimum Gasteiger partial charge on any atom is -0.469 e. The number of fused-ring (bicyclic) bond motifs is 7. The molecule has 17 atom stereocenters. The van der Waals surface area contributed by atoms with E-state index >= 15 is 0 Å². The van der Waals surface area contributed by atoms with Gasteiger partial charge in [-0.25, -0.2) is 4.79 Å². The Labute approximate surface area is 342 Å². The fourth-order valence-electron chi connectivity index (χ4n) is 13.8. The zero-order chi connectivity index (χ0) is 42.6. The van der Waals surface area contributed by atoms with Crippen molar-refractivity contribution >= 4 is 17.7 Å². The lowest BCUT2D eigenvalue weighted by molar-refractivity contribution is -0.350. The van der Waals surface area contributed by atoms with Crippen LogP contribution in [0.15, 0.2) is 11.6 Å². The second kappa shape index (κ2) is 14.8. The third kappa shape index (κ3) is 6.31. The van der Waals surface area contributed by atoms with Crippen molar-refractivity contribution in [1.29, 1.82) is 0 Å². The largest absolute Gasteiger partial charge is 0.469 e. The molecule has 0 amide bonds. The number of carbonyl (C=O) groups is 3. The summed E-state index contributed by atoms with van der Waals surface area (Å²) in [4.78, 5) is 40.9. The second-order valence-electron chi connectivity index (χ2n) is 20.9.